The molecule has 0 bridgehead atoms. The van der Waals surface area contributed by atoms with Gasteiger partial charge >= 0.3 is 12.2 Å². The smallest absolute Gasteiger partial charge is 0.406 e. The summed E-state index contributed by atoms with van der Waals surface area (Å²) in [4.78, 5) is 28.6. The number of nitrogens with zero attached hydrogens (tertiary/aromatic N) is 2. The molecule has 34 heavy (non-hydrogen) atoms. The third kappa shape index (κ3) is 5.02. The van der Waals surface area contributed by atoms with Gasteiger partial charge in [0, 0.05) is 25.5 Å². The van der Waals surface area contributed by atoms with Gasteiger partial charge in [0.1, 0.15) is 0 Å². The van der Waals surface area contributed by atoms with Gasteiger partial charge in [-0.1, -0.05) is 59.7 Å². The van der Waals surface area contributed by atoms with Gasteiger partial charge in [-0.3, -0.25) is 9.80 Å². The number of hydrogen-bond acceptors (Lipinski definition) is 4. The van der Waals surface area contributed by atoms with Crippen LogP contribution in [0.15, 0.2) is 84.9 Å². The number of amides is 2. The van der Waals surface area contributed by atoms with Crippen molar-refractivity contribution in [1.29, 1.82) is 0 Å². The molecule has 4 aromatic rings. The molecule has 0 unspecified atom stereocenters. The summed E-state index contributed by atoms with van der Waals surface area (Å²) in [6, 6.07) is 26.0. The topological polar surface area (TPSA) is 59.1 Å². The highest BCUT2D eigenvalue weighted by Crippen LogP contribution is 2.34. The molecule has 0 saturated carbocycles. The first-order chi connectivity index (χ1) is 16.3. The van der Waals surface area contributed by atoms with Gasteiger partial charge in [-0.2, -0.15) is 0 Å². The van der Waals surface area contributed by atoms with Gasteiger partial charge < -0.3 is 9.47 Å². The summed E-state index contributed by atoms with van der Waals surface area (Å²) in [5.74, 6) is 0.321. The molecule has 6 heteroatoms. The van der Waals surface area contributed by atoms with E-state index in [2.05, 4.69) is 0 Å². The quantitative estimate of drug-likeness (QED) is 0.343. The van der Waals surface area contributed by atoms with Crippen LogP contribution in [0.2, 0.25) is 0 Å². The second-order valence-corrected chi connectivity index (χ2v) is 8.17. The van der Waals surface area contributed by atoms with Crippen LogP contribution in [0.4, 0.5) is 21.0 Å². The van der Waals surface area contributed by atoms with Gasteiger partial charge in [-0.05, 0) is 61.0 Å². The molecule has 0 radical (unpaired) electrons. The Kier molecular flexibility index (Phi) is 6.50. The van der Waals surface area contributed by atoms with E-state index in [4.69, 9.17) is 9.47 Å². The van der Waals surface area contributed by atoms with Gasteiger partial charge in [0.05, 0.1) is 0 Å². The Morgan fingerprint density at radius 2 is 0.941 bits per heavy atom. The monoisotopic (exact) mass is 454 g/mol. The molecule has 172 valence electrons. The summed E-state index contributed by atoms with van der Waals surface area (Å²) in [5, 5.41) is 1.71. The minimum atomic E-state index is -0.594. The highest BCUT2D eigenvalue weighted by Gasteiger charge is 2.21. The third-order valence-electron chi connectivity index (χ3n) is 5.60. The number of carbonyl (C=O) groups excluding carboxylic acids is 2. The lowest BCUT2D eigenvalue weighted by molar-refractivity contribution is 0.198. The van der Waals surface area contributed by atoms with E-state index < -0.39 is 12.2 Å². The molecule has 6 nitrogen and oxygen atoms in total. The van der Waals surface area contributed by atoms with E-state index in [9.17, 15) is 9.59 Å². The van der Waals surface area contributed by atoms with Crippen molar-refractivity contribution in [2.24, 2.45) is 0 Å². The minimum absolute atomic E-state index is 0.160. The predicted octanol–water partition coefficient (Wildman–Crippen LogP) is 6.73. The first-order valence-electron chi connectivity index (χ1n) is 10.9. The van der Waals surface area contributed by atoms with Crippen molar-refractivity contribution in [3.63, 3.8) is 0 Å². The van der Waals surface area contributed by atoms with Crippen LogP contribution >= 0.6 is 0 Å². The minimum Gasteiger partial charge on any atom is -0.406 e. The van der Waals surface area contributed by atoms with Crippen LogP contribution in [0.1, 0.15) is 11.1 Å². The largest absolute Gasteiger partial charge is 0.419 e. The van der Waals surface area contributed by atoms with Gasteiger partial charge in [0.15, 0.2) is 11.5 Å². The molecule has 0 aromatic heterocycles. The van der Waals surface area contributed by atoms with Crippen molar-refractivity contribution in [3.8, 4) is 11.5 Å². The first kappa shape index (κ1) is 22.9. The molecule has 0 N–H and O–H groups in total. The maximum atomic E-state index is 12.9. The highest BCUT2D eigenvalue weighted by atomic mass is 16.6. The van der Waals surface area contributed by atoms with E-state index in [1.807, 2.05) is 86.6 Å². The first-order valence-corrected chi connectivity index (χ1v) is 10.9. The van der Waals surface area contributed by atoms with Gasteiger partial charge in [-0.25, -0.2) is 9.59 Å². The predicted molar refractivity (Wildman–Crippen MR) is 135 cm³/mol. The lowest BCUT2D eigenvalue weighted by Crippen LogP contribution is -2.31. The molecule has 0 atom stereocenters. The molecule has 0 spiro atoms. The van der Waals surface area contributed by atoms with Crippen LogP contribution in [-0.4, -0.2) is 26.3 Å². The zero-order chi connectivity index (χ0) is 24.2. The zero-order valence-electron chi connectivity index (χ0n) is 19.6. The second kappa shape index (κ2) is 9.67. The van der Waals surface area contributed by atoms with Crippen molar-refractivity contribution in [2.75, 3.05) is 23.9 Å². The summed E-state index contributed by atoms with van der Waals surface area (Å²) in [6.07, 6.45) is -1.19. The van der Waals surface area contributed by atoms with Crippen LogP contribution in [0, 0.1) is 13.8 Å². The van der Waals surface area contributed by atoms with Crippen LogP contribution in [-0.2, 0) is 0 Å². The lowest BCUT2D eigenvalue weighted by atomic mass is 10.1. The Labute approximate surface area is 198 Å². The maximum absolute atomic E-state index is 12.9. The average molecular weight is 455 g/mol. The number of hydrogen-bond donors (Lipinski definition) is 0. The molecular formula is C28H26N2O4. The number of anilines is 2. The normalized spacial score (nSPS) is 10.6. The number of ether oxygens (including phenoxy) is 2. The van der Waals surface area contributed by atoms with Crippen LogP contribution in [0.25, 0.3) is 10.8 Å². The molecule has 0 aliphatic rings. The Balaban J connectivity index is 1.61. The number of aryl methyl sites for hydroxylation is 2. The number of fused-ring (bicyclic) bond motifs is 1. The Bertz CT molecular complexity index is 1230. The Morgan fingerprint density at radius 3 is 1.29 bits per heavy atom. The standard InChI is InChI=1S/C28H26N2O4/c1-19-9-13-23(14-10-19)29(3)27(31)33-25-17-21-7-5-6-8-22(21)18-26(25)34-28(32)30(4)24-15-11-20(2)12-16-24/h5-18H,1-4H3. The van der Waals surface area contributed by atoms with Gasteiger partial charge in [0.25, 0.3) is 0 Å². The van der Waals surface area contributed by atoms with E-state index in [0.717, 1.165) is 21.9 Å². The lowest BCUT2D eigenvalue weighted by Gasteiger charge is -2.20. The number of benzene rings is 4. The summed E-state index contributed by atoms with van der Waals surface area (Å²) >= 11 is 0. The molecule has 0 aliphatic heterocycles. The Morgan fingerprint density at radius 1 is 0.588 bits per heavy atom. The molecule has 0 aliphatic carbocycles. The maximum Gasteiger partial charge on any atom is 0.419 e. The average Bonchev–Trinajstić information content (AvgIpc) is 2.84. The SMILES string of the molecule is Cc1ccc(N(C)C(=O)Oc2cc3ccccc3cc2OC(=O)N(C)c2ccc(C)cc2)cc1. The van der Waals surface area contributed by atoms with Crippen LogP contribution in [0.3, 0.4) is 0 Å². The van der Waals surface area contributed by atoms with E-state index in [-0.39, 0.29) is 11.5 Å². The van der Waals surface area contributed by atoms with Crippen molar-refractivity contribution in [3.05, 3.63) is 96.1 Å². The van der Waals surface area contributed by atoms with Crippen molar-refractivity contribution >= 4 is 34.3 Å². The summed E-state index contributed by atoms with van der Waals surface area (Å²) in [7, 11) is 3.26. The zero-order valence-corrected chi connectivity index (χ0v) is 19.6. The molecule has 0 heterocycles. The molecular weight excluding hydrogens is 428 g/mol. The van der Waals surface area contributed by atoms with E-state index in [1.54, 1.807) is 26.2 Å². The van der Waals surface area contributed by atoms with Gasteiger partial charge in [0.2, 0.25) is 0 Å². The van der Waals surface area contributed by atoms with Crippen molar-refractivity contribution in [1.82, 2.24) is 0 Å². The summed E-state index contributed by atoms with van der Waals surface area (Å²) in [5.41, 5.74) is 3.56. The van der Waals surface area contributed by atoms with Crippen LogP contribution in [0.5, 0.6) is 11.5 Å². The number of rotatable bonds is 4. The van der Waals surface area contributed by atoms with Crippen LogP contribution < -0.4 is 19.3 Å². The molecule has 4 rings (SSSR count). The third-order valence-corrected chi connectivity index (χ3v) is 5.60. The van der Waals surface area contributed by atoms with Crippen molar-refractivity contribution < 1.29 is 19.1 Å². The molecule has 0 saturated heterocycles. The fraction of sp³-hybridized carbons (Fsp3) is 0.143. The summed E-state index contributed by atoms with van der Waals surface area (Å²) < 4.78 is 11.4. The fourth-order valence-electron chi connectivity index (χ4n) is 3.43. The van der Waals surface area contributed by atoms with Gasteiger partial charge in [-0.15, -0.1) is 0 Å². The molecule has 2 amide bonds. The van der Waals surface area contributed by atoms with E-state index in [1.165, 1.54) is 9.80 Å². The summed E-state index contributed by atoms with van der Waals surface area (Å²) in [6.45, 7) is 3.96. The molecule has 4 aromatic carbocycles. The van der Waals surface area contributed by atoms with Crippen molar-refractivity contribution in [2.45, 2.75) is 13.8 Å². The fourth-order valence-corrected chi connectivity index (χ4v) is 3.43. The molecule has 0 fully saturated rings. The highest BCUT2D eigenvalue weighted by molar-refractivity contribution is 5.93. The number of carbonyl (C=O) groups is 2. The van der Waals surface area contributed by atoms with E-state index >= 15 is 0 Å². The second-order valence-electron chi connectivity index (χ2n) is 8.17. The van der Waals surface area contributed by atoms with E-state index in [0.29, 0.717) is 11.4 Å². The Hall–Kier alpha value is -4.32.